The largest absolute Gasteiger partial charge is 0.377 e. The van der Waals surface area contributed by atoms with Crippen LogP contribution in [0.2, 0.25) is 0 Å². The predicted molar refractivity (Wildman–Crippen MR) is 91.5 cm³/mol. The molecule has 118 valence electrons. The molecule has 2 unspecified atom stereocenters. The van der Waals surface area contributed by atoms with E-state index in [1.165, 1.54) is 0 Å². The number of hydrogen-bond acceptors (Lipinski definition) is 4. The Balaban J connectivity index is 0.00000220. The van der Waals surface area contributed by atoms with Gasteiger partial charge in [0.2, 0.25) is 5.91 Å². The zero-order valence-electron chi connectivity index (χ0n) is 12.4. The number of methoxy groups -OCH3 is 1. The smallest absolute Gasteiger partial charge is 0.225 e. The van der Waals surface area contributed by atoms with Crippen LogP contribution >= 0.6 is 24.2 Å². The maximum absolute atomic E-state index is 12.0. The van der Waals surface area contributed by atoms with Crippen LogP contribution in [0, 0.1) is 0 Å². The van der Waals surface area contributed by atoms with Gasteiger partial charge in [-0.1, -0.05) is 12.1 Å². The first-order valence-electron chi connectivity index (χ1n) is 6.93. The minimum atomic E-state index is 0. The summed E-state index contributed by atoms with van der Waals surface area (Å²) >= 11 is 1.90. The number of nitrogens with one attached hydrogen (secondary N) is 2. The highest BCUT2D eigenvalue weighted by molar-refractivity contribution is 7.99. The molecule has 0 saturated carbocycles. The number of carbonyl (C=O) groups excluding carboxylic acids is 1. The van der Waals surface area contributed by atoms with Gasteiger partial charge in [0.15, 0.2) is 0 Å². The van der Waals surface area contributed by atoms with Gasteiger partial charge in [0.1, 0.15) is 0 Å². The van der Waals surface area contributed by atoms with E-state index in [-0.39, 0.29) is 30.5 Å². The molecule has 2 rings (SSSR count). The summed E-state index contributed by atoms with van der Waals surface area (Å²) < 4.78 is 5.29. The number of hydrogen-bond donors (Lipinski definition) is 2. The number of benzene rings is 1. The van der Waals surface area contributed by atoms with Gasteiger partial charge in [-0.2, -0.15) is 11.8 Å². The van der Waals surface area contributed by atoms with Gasteiger partial charge in [0.05, 0.1) is 6.10 Å². The molecule has 1 aliphatic rings. The van der Waals surface area contributed by atoms with Gasteiger partial charge in [-0.25, -0.2) is 0 Å². The molecule has 1 heterocycles. The standard InChI is InChI=1S/C15H22N2O2S.ClH/c1-11(19-2)12-4-3-5-13(8-12)17-15(18)9-14-10-20-7-6-16-14;/h3-5,8,11,14,16H,6-7,9-10H2,1-2H3,(H,17,18);1H. The summed E-state index contributed by atoms with van der Waals surface area (Å²) in [6.07, 6.45) is 0.556. The number of ether oxygens (including phenoxy) is 1. The van der Waals surface area contributed by atoms with Crippen LogP contribution in [-0.2, 0) is 9.53 Å². The van der Waals surface area contributed by atoms with E-state index in [0.29, 0.717) is 6.42 Å². The van der Waals surface area contributed by atoms with Crippen molar-refractivity contribution in [3.8, 4) is 0 Å². The average molecular weight is 331 g/mol. The molecule has 0 spiro atoms. The Hall–Kier alpha value is -0.750. The van der Waals surface area contributed by atoms with Crippen LogP contribution in [0.5, 0.6) is 0 Å². The minimum Gasteiger partial charge on any atom is -0.377 e. The van der Waals surface area contributed by atoms with Crippen LogP contribution in [-0.4, -0.2) is 37.1 Å². The predicted octanol–water partition coefficient (Wildman–Crippen LogP) is 2.85. The van der Waals surface area contributed by atoms with Crippen LogP contribution in [0.1, 0.15) is 25.0 Å². The lowest BCUT2D eigenvalue weighted by Gasteiger charge is -2.22. The number of halogens is 1. The Kier molecular flexibility index (Phi) is 8.11. The molecule has 1 saturated heterocycles. The number of carbonyl (C=O) groups is 1. The maximum atomic E-state index is 12.0. The van der Waals surface area contributed by atoms with Gasteiger partial charge in [-0.15, -0.1) is 12.4 Å². The summed E-state index contributed by atoms with van der Waals surface area (Å²) in [5.74, 6) is 2.20. The van der Waals surface area contributed by atoms with Crippen molar-refractivity contribution in [1.82, 2.24) is 5.32 Å². The molecular formula is C15H23ClN2O2S. The van der Waals surface area contributed by atoms with Gasteiger partial charge in [-0.05, 0) is 24.6 Å². The van der Waals surface area contributed by atoms with E-state index in [4.69, 9.17) is 4.74 Å². The van der Waals surface area contributed by atoms with Gasteiger partial charge in [-0.3, -0.25) is 4.79 Å². The quantitative estimate of drug-likeness (QED) is 0.871. The highest BCUT2D eigenvalue weighted by Gasteiger charge is 2.16. The lowest BCUT2D eigenvalue weighted by molar-refractivity contribution is -0.116. The van der Waals surface area contributed by atoms with E-state index in [2.05, 4.69) is 10.6 Å². The van der Waals surface area contributed by atoms with Gasteiger partial charge in [0, 0.05) is 43.3 Å². The number of rotatable bonds is 5. The van der Waals surface area contributed by atoms with Crippen LogP contribution in [0.4, 0.5) is 5.69 Å². The Bertz CT molecular complexity index is 453. The maximum Gasteiger partial charge on any atom is 0.225 e. The van der Waals surface area contributed by atoms with E-state index in [1.807, 2.05) is 43.0 Å². The molecule has 1 fully saturated rings. The molecule has 0 radical (unpaired) electrons. The average Bonchev–Trinajstić information content (AvgIpc) is 2.47. The fraction of sp³-hybridized carbons (Fsp3) is 0.533. The van der Waals surface area contributed by atoms with Crippen LogP contribution in [0.15, 0.2) is 24.3 Å². The first-order chi connectivity index (χ1) is 9.69. The molecule has 1 aliphatic heterocycles. The fourth-order valence-electron chi connectivity index (χ4n) is 2.19. The zero-order chi connectivity index (χ0) is 14.4. The first kappa shape index (κ1) is 18.3. The summed E-state index contributed by atoms with van der Waals surface area (Å²) in [5, 5.41) is 6.34. The molecule has 1 aromatic carbocycles. The summed E-state index contributed by atoms with van der Waals surface area (Å²) in [4.78, 5) is 12.0. The monoisotopic (exact) mass is 330 g/mol. The lowest BCUT2D eigenvalue weighted by atomic mass is 10.1. The van der Waals surface area contributed by atoms with E-state index < -0.39 is 0 Å². The van der Waals surface area contributed by atoms with Crippen molar-refractivity contribution in [3.63, 3.8) is 0 Å². The Labute approximate surface area is 136 Å². The summed E-state index contributed by atoms with van der Waals surface area (Å²) in [6.45, 7) is 2.98. The molecule has 6 heteroatoms. The van der Waals surface area contributed by atoms with Crippen LogP contribution in [0.3, 0.4) is 0 Å². The second-order valence-electron chi connectivity index (χ2n) is 4.98. The normalized spacial score (nSPS) is 19.4. The van der Waals surface area contributed by atoms with E-state index in [9.17, 15) is 4.79 Å². The van der Waals surface area contributed by atoms with E-state index in [0.717, 1.165) is 29.3 Å². The molecular weight excluding hydrogens is 308 g/mol. The second kappa shape index (κ2) is 9.30. The highest BCUT2D eigenvalue weighted by atomic mass is 35.5. The van der Waals surface area contributed by atoms with Gasteiger partial charge in [0.25, 0.3) is 0 Å². The van der Waals surface area contributed by atoms with Crippen molar-refractivity contribution in [2.75, 3.05) is 30.5 Å². The fourth-order valence-corrected chi connectivity index (χ4v) is 3.14. The number of thioether (sulfide) groups is 1. The van der Waals surface area contributed by atoms with E-state index >= 15 is 0 Å². The molecule has 2 atom stereocenters. The lowest BCUT2D eigenvalue weighted by Crippen LogP contribution is -2.39. The third-order valence-electron chi connectivity index (χ3n) is 3.42. The molecule has 4 nitrogen and oxygen atoms in total. The molecule has 0 bridgehead atoms. The van der Waals surface area contributed by atoms with E-state index in [1.54, 1.807) is 7.11 Å². The third-order valence-corrected chi connectivity index (χ3v) is 4.55. The van der Waals surface area contributed by atoms with Gasteiger partial charge >= 0.3 is 0 Å². The molecule has 0 aliphatic carbocycles. The SMILES string of the molecule is COC(C)c1cccc(NC(=O)CC2CSCCN2)c1.Cl. The molecule has 1 aromatic rings. The summed E-state index contributed by atoms with van der Waals surface area (Å²) in [6, 6.07) is 8.11. The van der Waals surface area contributed by atoms with Crippen LogP contribution in [0.25, 0.3) is 0 Å². The third kappa shape index (κ3) is 5.87. The Morgan fingerprint density at radius 3 is 3.05 bits per heavy atom. The van der Waals surface area contributed by atoms with Crippen molar-refractivity contribution in [1.29, 1.82) is 0 Å². The highest BCUT2D eigenvalue weighted by Crippen LogP contribution is 2.20. The number of amides is 1. The second-order valence-corrected chi connectivity index (χ2v) is 6.13. The minimum absolute atomic E-state index is 0. The van der Waals surface area contributed by atoms with Crippen LogP contribution < -0.4 is 10.6 Å². The summed E-state index contributed by atoms with van der Waals surface area (Å²) in [7, 11) is 1.68. The zero-order valence-corrected chi connectivity index (χ0v) is 14.1. The van der Waals surface area contributed by atoms with Crippen molar-refractivity contribution in [3.05, 3.63) is 29.8 Å². The van der Waals surface area contributed by atoms with Crippen molar-refractivity contribution in [2.24, 2.45) is 0 Å². The Morgan fingerprint density at radius 2 is 2.38 bits per heavy atom. The molecule has 2 N–H and O–H groups in total. The Morgan fingerprint density at radius 1 is 1.57 bits per heavy atom. The topological polar surface area (TPSA) is 50.4 Å². The summed E-state index contributed by atoms with van der Waals surface area (Å²) in [5.41, 5.74) is 1.90. The molecule has 1 amide bonds. The van der Waals surface area contributed by atoms with Gasteiger partial charge < -0.3 is 15.4 Å². The molecule has 0 aromatic heterocycles. The van der Waals surface area contributed by atoms with Crippen molar-refractivity contribution < 1.29 is 9.53 Å². The first-order valence-corrected chi connectivity index (χ1v) is 8.08. The molecule has 21 heavy (non-hydrogen) atoms. The van der Waals surface area contributed by atoms with Crippen molar-refractivity contribution >= 4 is 35.8 Å². The van der Waals surface area contributed by atoms with Crippen molar-refractivity contribution in [2.45, 2.75) is 25.5 Å². The number of anilines is 1.